The molecule has 0 unspecified atom stereocenters. The van der Waals surface area contributed by atoms with Gasteiger partial charge in [0.15, 0.2) is 0 Å². The number of carbonyl (C=O) groups is 3. The third-order valence-electron chi connectivity index (χ3n) is 1.78. The van der Waals surface area contributed by atoms with Gasteiger partial charge in [-0.05, 0) is 41.5 Å². The summed E-state index contributed by atoms with van der Waals surface area (Å²) in [6, 6.07) is -1.39. The molecule has 0 aromatic rings. The Bertz CT molecular complexity index is 347. The van der Waals surface area contributed by atoms with E-state index >= 15 is 0 Å². The van der Waals surface area contributed by atoms with Crippen molar-refractivity contribution in [1.29, 1.82) is 0 Å². The molecule has 20 heavy (non-hydrogen) atoms. The molecule has 7 nitrogen and oxygen atoms in total. The molecule has 0 bridgehead atoms. The van der Waals surface area contributed by atoms with Gasteiger partial charge in [-0.15, -0.1) is 0 Å². The van der Waals surface area contributed by atoms with E-state index in [2.05, 4.69) is 5.32 Å². The normalized spacial score (nSPS) is 13.3. The van der Waals surface area contributed by atoms with Crippen LogP contribution >= 0.6 is 0 Å². The summed E-state index contributed by atoms with van der Waals surface area (Å²) in [5.41, 5.74) is -1.47. The number of hydrogen-bond donors (Lipinski definition) is 2. The molecule has 0 radical (unpaired) electrons. The van der Waals surface area contributed by atoms with Gasteiger partial charge in [0, 0.05) is 0 Å². The van der Waals surface area contributed by atoms with Gasteiger partial charge in [-0.1, -0.05) is 0 Å². The van der Waals surface area contributed by atoms with E-state index in [1.807, 2.05) is 0 Å². The van der Waals surface area contributed by atoms with Crippen LogP contribution in [0.5, 0.6) is 0 Å². The molecule has 0 saturated heterocycles. The molecule has 0 rings (SSSR count). The summed E-state index contributed by atoms with van der Waals surface area (Å²) in [7, 11) is 0. The van der Waals surface area contributed by atoms with Crippen LogP contribution in [0.3, 0.4) is 0 Å². The van der Waals surface area contributed by atoms with E-state index in [9.17, 15) is 14.4 Å². The van der Waals surface area contributed by atoms with E-state index < -0.39 is 41.7 Å². The molecule has 0 heterocycles. The Morgan fingerprint density at radius 2 is 1.45 bits per heavy atom. The average Bonchev–Trinajstić information content (AvgIpc) is 2.09. The zero-order chi connectivity index (χ0) is 16.1. The molecule has 0 aliphatic carbocycles. The van der Waals surface area contributed by atoms with Gasteiger partial charge in [0.2, 0.25) is 0 Å². The van der Waals surface area contributed by atoms with E-state index in [4.69, 9.17) is 14.6 Å². The maximum absolute atomic E-state index is 11.6. The molecule has 7 heteroatoms. The monoisotopic (exact) mass is 289 g/mol. The van der Waals surface area contributed by atoms with Gasteiger partial charge in [0.1, 0.15) is 17.2 Å². The lowest BCUT2D eigenvalue weighted by Gasteiger charge is -2.23. The molecule has 0 fully saturated rings. The van der Waals surface area contributed by atoms with E-state index in [-0.39, 0.29) is 0 Å². The highest BCUT2D eigenvalue weighted by molar-refractivity contribution is 5.85. The maximum atomic E-state index is 11.6. The molecule has 1 amide bonds. The Morgan fingerprint density at radius 3 is 1.80 bits per heavy atom. The van der Waals surface area contributed by atoms with Crippen LogP contribution < -0.4 is 5.32 Å². The molecule has 2 N–H and O–H groups in total. The first-order chi connectivity index (χ1) is 8.80. The lowest BCUT2D eigenvalue weighted by atomic mass is 10.1. The molecule has 1 atom stereocenters. The molecular weight excluding hydrogens is 266 g/mol. The number of amides is 1. The second kappa shape index (κ2) is 6.58. The highest BCUT2D eigenvalue weighted by Gasteiger charge is 2.28. The molecule has 116 valence electrons. The van der Waals surface area contributed by atoms with Gasteiger partial charge >= 0.3 is 18.0 Å². The predicted octanol–water partition coefficient (Wildman–Crippen LogP) is 1.70. The van der Waals surface area contributed by atoms with E-state index in [1.165, 1.54) is 0 Å². The number of nitrogens with one attached hydrogen (secondary N) is 1. The van der Waals surface area contributed by atoms with Crippen molar-refractivity contribution in [1.82, 2.24) is 5.32 Å². The van der Waals surface area contributed by atoms with Gasteiger partial charge in [-0.25, -0.2) is 9.59 Å². The number of hydrogen-bond acceptors (Lipinski definition) is 5. The lowest BCUT2D eigenvalue weighted by Crippen LogP contribution is -2.45. The summed E-state index contributed by atoms with van der Waals surface area (Å²) in [5.74, 6) is -2.04. The van der Waals surface area contributed by atoms with E-state index in [0.29, 0.717) is 0 Å². The molecule has 0 aromatic carbocycles. The average molecular weight is 289 g/mol. The van der Waals surface area contributed by atoms with Crippen molar-refractivity contribution in [2.45, 2.75) is 65.2 Å². The number of alkyl carbamates (subject to hydrolysis) is 1. The predicted molar refractivity (Wildman–Crippen MR) is 71.3 cm³/mol. The molecule has 0 aromatic heterocycles. The van der Waals surface area contributed by atoms with E-state index in [1.54, 1.807) is 41.5 Å². The van der Waals surface area contributed by atoms with Crippen LogP contribution in [0.2, 0.25) is 0 Å². The quantitative estimate of drug-likeness (QED) is 0.764. The second-order valence-electron chi connectivity index (χ2n) is 6.33. The lowest BCUT2D eigenvalue weighted by molar-refractivity contribution is -0.158. The van der Waals surface area contributed by atoms with Crippen molar-refractivity contribution in [2.24, 2.45) is 0 Å². The van der Waals surface area contributed by atoms with Gasteiger partial charge in [-0.3, -0.25) is 4.79 Å². The number of carbonyl (C=O) groups excluding carboxylic acids is 2. The third kappa shape index (κ3) is 9.18. The van der Waals surface area contributed by atoms with Gasteiger partial charge in [0.05, 0.1) is 6.42 Å². The molecule has 0 spiro atoms. The van der Waals surface area contributed by atoms with Crippen molar-refractivity contribution in [3.8, 4) is 0 Å². The second-order valence-corrected chi connectivity index (χ2v) is 6.33. The first-order valence-corrected chi connectivity index (χ1v) is 6.24. The van der Waals surface area contributed by atoms with Crippen LogP contribution in [0.15, 0.2) is 0 Å². The topological polar surface area (TPSA) is 102 Å². The Hall–Kier alpha value is -1.79. The van der Waals surface area contributed by atoms with Crippen molar-refractivity contribution in [3.05, 3.63) is 0 Å². The van der Waals surface area contributed by atoms with Crippen LogP contribution in [-0.2, 0) is 19.1 Å². The molecule has 0 aliphatic heterocycles. The Kier molecular flexibility index (Phi) is 5.99. The van der Waals surface area contributed by atoms with Gasteiger partial charge in [0.25, 0.3) is 0 Å². The standard InChI is InChI=1S/C13H23NO6/c1-12(2,3)19-9(15)7-8(10(16)17)14-11(18)20-13(4,5)6/h8H,7H2,1-6H3,(H,14,18)(H,16,17)/t8-/m1/s1. The fourth-order valence-corrected chi connectivity index (χ4v) is 1.20. The fraction of sp³-hybridized carbons (Fsp3) is 0.769. The first-order valence-electron chi connectivity index (χ1n) is 6.24. The van der Waals surface area contributed by atoms with Crippen molar-refractivity contribution in [2.75, 3.05) is 0 Å². The highest BCUT2D eigenvalue weighted by Crippen LogP contribution is 2.10. The number of rotatable bonds is 4. The van der Waals surface area contributed by atoms with Gasteiger partial charge < -0.3 is 19.9 Å². The minimum absolute atomic E-state index is 0.466. The summed E-state index contributed by atoms with van der Waals surface area (Å²) >= 11 is 0. The Balaban J connectivity index is 4.56. The van der Waals surface area contributed by atoms with Crippen LogP contribution in [0.4, 0.5) is 4.79 Å². The minimum atomic E-state index is -1.39. The zero-order valence-electron chi connectivity index (χ0n) is 12.8. The maximum Gasteiger partial charge on any atom is 0.408 e. The molecule has 0 aliphatic rings. The van der Waals surface area contributed by atoms with Crippen LogP contribution in [0, 0.1) is 0 Å². The summed E-state index contributed by atoms with van der Waals surface area (Å²) in [6.45, 7) is 9.95. The smallest absolute Gasteiger partial charge is 0.408 e. The summed E-state index contributed by atoms with van der Waals surface area (Å²) in [6.07, 6.45) is -1.36. The van der Waals surface area contributed by atoms with E-state index in [0.717, 1.165) is 0 Å². The van der Waals surface area contributed by atoms with Crippen LogP contribution in [0.25, 0.3) is 0 Å². The SMILES string of the molecule is CC(C)(C)OC(=O)C[C@@H](NC(=O)OC(C)(C)C)C(=O)O. The van der Waals surface area contributed by atoms with Crippen LogP contribution in [-0.4, -0.2) is 40.4 Å². The Morgan fingerprint density at radius 1 is 1.00 bits per heavy atom. The largest absolute Gasteiger partial charge is 0.480 e. The number of carboxylic acid groups (broad SMARTS) is 1. The number of aliphatic carboxylic acids is 1. The molecular formula is C13H23NO6. The summed E-state index contributed by atoms with van der Waals surface area (Å²) in [5, 5.41) is 11.1. The number of carboxylic acids is 1. The third-order valence-corrected chi connectivity index (χ3v) is 1.78. The highest BCUT2D eigenvalue weighted by atomic mass is 16.6. The first kappa shape index (κ1) is 18.2. The molecule has 0 saturated carbocycles. The van der Waals surface area contributed by atoms with Crippen molar-refractivity contribution in [3.63, 3.8) is 0 Å². The Labute approximate surface area is 118 Å². The van der Waals surface area contributed by atoms with Crippen molar-refractivity contribution < 1.29 is 29.0 Å². The number of ether oxygens (including phenoxy) is 2. The van der Waals surface area contributed by atoms with Gasteiger partial charge in [-0.2, -0.15) is 0 Å². The zero-order valence-corrected chi connectivity index (χ0v) is 12.8. The minimum Gasteiger partial charge on any atom is -0.480 e. The number of esters is 1. The summed E-state index contributed by atoms with van der Waals surface area (Å²) in [4.78, 5) is 34.1. The fourth-order valence-electron chi connectivity index (χ4n) is 1.20. The summed E-state index contributed by atoms with van der Waals surface area (Å²) < 4.78 is 9.94. The van der Waals surface area contributed by atoms with Crippen molar-refractivity contribution >= 4 is 18.0 Å². The van der Waals surface area contributed by atoms with Crippen LogP contribution in [0.1, 0.15) is 48.0 Å².